The molecule has 6 nitrogen and oxygen atoms in total. The predicted octanol–water partition coefficient (Wildman–Crippen LogP) is 3.96. The molecule has 1 amide bonds. The number of nitrogens with zero attached hydrogens (tertiary/aromatic N) is 2. The van der Waals surface area contributed by atoms with E-state index in [9.17, 15) is 9.59 Å². The molecule has 1 aliphatic carbocycles. The lowest BCUT2D eigenvalue weighted by Crippen LogP contribution is -2.33. The van der Waals surface area contributed by atoms with Gasteiger partial charge in [-0.2, -0.15) is 0 Å². The zero-order valence-corrected chi connectivity index (χ0v) is 18.4. The summed E-state index contributed by atoms with van der Waals surface area (Å²) in [5.41, 5.74) is 7.58. The topological polar surface area (TPSA) is 78.1 Å². The van der Waals surface area contributed by atoms with Crippen molar-refractivity contribution >= 4 is 17.2 Å². The number of H-pyrrole nitrogens is 1. The monoisotopic (exact) mass is 442 g/mol. The number of nitrogens with one attached hydrogen (secondary N) is 2. The zero-order valence-electron chi connectivity index (χ0n) is 17.5. The quantitative estimate of drug-likeness (QED) is 0.474. The summed E-state index contributed by atoms with van der Waals surface area (Å²) >= 11 is 1.56. The fourth-order valence-electron chi connectivity index (χ4n) is 4.24. The van der Waals surface area contributed by atoms with E-state index in [-0.39, 0.29) is 23.1 Å². The van der Waals surface area contributed by atoms with Crippen molar-refractivity contribution in [3.05, 3.63) is 110 Å². The van der Waals surface area contributed by atoms with Crippen molar-refractivity contribution in [2.45, 2.75) is 19.1 Å². The van der Waals surface area contributed by atoms with Gasteiger partial charge in [0.2, 0.25) is 0 Å². The van der Waals surface area contributed by atoms with E-state index >= 15 is 0 Å². The van der Waals surface area contributed by atoms with Crippen molar-refractivity contribution in [2.75, 3.05) is 7.05 Å². The van der Waals surface area contributed by atoms with E-state index in [1.54, 1.807) is 29.0 Å². The van der Waals surface area contributed by atoms with Crippen LogP contribution < -0.4 is 10.9 Å². The van der Waals surface area contributed by atoms with Crippen LogP contribution in [0, 0.1) is 0 Å². The number of fused-ring (bicyclic) bond motifs is 3. The highest BCUT2D eigenvalue weighted by Gasteiger charge is 2.29. The average Bonchev–Trinajstić information content (AvgIpc) is 3.40. The van der Waals surface area contributed by atoms with Crippen molar-refractivity contribution in [3.8, 4) is 11.1 Å². The summed E-state index contributed by atoms with van der Waals surface area (Å²) in [7, 11) is 1.97. The van der Waals surface area contributed by atoms with Crippen LogP contribution in [0.15, 0.2) is 76.3 Å². The Bertz CT molecular complexity index is 1280. The molecule has 0 atom stereocenters. The van der Waals surface area contributed by atoms with Gasteiger partial charge in [0.1, 0.15) is 5.56 Å². The van der Waals surface area contributed by atoms with Crippen molar-refractivity contribution < 1.29 is 4.79 Å². The number of carbonyl (C=O) groups is 1. The summed E-state index contributed by atoms with van der Waals surface area (Å²) in [6.07, 6.45) is 0. The average molecular weight is 443 g/mol. The second kappa shape index (κ2) is 8.53. The van der Waals surface area contributed by atoms with Gasteiger partial charge in [-0.3, -0.25) is 14.5 Å². The molecule has 1 aliphatic rings. The summed E-state index contributed by atoms with van der Waals surface area (Å²) < 4.78 is 0. The van der Waals surface area contributed by atoms with Crippen molar-refractivity contribution in [3.63, 3.8) is 0 Å². The van der Waals surface area contributed by atoms with Gasteiger partial charge in [0, 0.05) is 24.2 Å². The molecule has 2 aromatic heterocycles. The number of pyridine rings is 1. The fraction of sp³-hybridized carbons (Fsp3) is 0.160. The van der Waals surface area contributed by atoms with Crippen molar-refractivity contribution in [2.24, 2.45) is 0 Å². The molecule has 2 N–H and O–H groups in total. The van der Waals surface area contributed by atoms with Gasteiger partial charge in [0.05, 0.1) is 17.2 Å². The number of thiazole rings is 1. The van der Waals surface area contributed by atoms with Gasteiger partial charge in [0.15, 0.2) is 0 Å². The van der Waals surface area contributed by atoms with Crippen LogP contribution >= 0.6 is 11.3 Å². The minimum absolute atomic E-state index is 0.109. The molecule has 0 radical (unpaired) electrons. The minimum atomic E-state index is -0.387. The van der Waals surface area contributed by atoms with Crippen molar-refractivity contribution in [1.29, 1.82) is 0 Å². The molecular formula is C25H22N4O2S. The summed E-state index contributed by atoms with van der Waals surface area (Å²) in [5.74, 6) is -0.384. The Morgan fingerprint density at radius 3 is 2.34 bits per heavy atom. The first kappa shape index (κ1) is 20.4. The normalized spacial score (nSPS) is 12.6. The summed E-state index contributed by atoms with van der Waals surface area (Å²) in [6.45, 7) is 1.24. The molecule has 4 aromatic rings. The molecule has 0 saturated carbocycles. The number of benzene rings is 2. The number of rotatable bonds is 6. The third kappa shape index (κ3) is 3.88. The van der Waals surface area contributed by atoms with Gasteiger partial charge in [-0.25, -0.2) is 4.98 Å². The van der Waals surface area contributed by atoms with Crippen molar-refractivity contribution in [1.82, 2.24) is 20.2 Å². The Labute approximate surface area is 189 Å². The number of amides is 1. The van der Waals surface area contributed by atoms with Gasteiger partial charge < -0.3 is 10.3 Å². The lowest BCUT2D eigenvalue weighted by molar-refractivity contribution is 0.0942. The Kier molecular flexibility index (Phi) is 5.43. The second-order valence-corrected chi connectivity index (χ2v) is 8.68. The summed E-state index contributed by atoms with van der Waals surface area (Å²) in [4.78, 5) is 34.9. The molecule has 0 spiro atoms. The third-order valence-electron chi connectivity index (χ3n) is 5.68. The molecule has 0 aliphatic heterocycles. The Balaban J connectivity index is 1.34. The number of hydrogen-bond acceptors (Lipinski definition) is 5. The maximum Gasteiger partial charge on any atom is 0.261 e. The smallest absolute Gasteiger partial charge is 0.261 e. The first-order valence-electron chi connectivity index (χ1n) is 10.4. The van der Waals surface area contributed by atoms with Crippen LogP contribution in [0.2, 0.25) is 0 Å². The second-order valence-electron chi connectivity index (χ2n) is 7.96. The molecular weight excluding hydrogens is 420 g/mol. The zero-order chi connectivity index (χ0) is 22.1. The first-order chi connectivity index (χ1) is 15.6. The van der Waals surface area contributed by atoms with E-state index in [0.29, 0.717) is 13.1 Å². The molecule has 5 rings (SSSR count). The minimum Gasteiger partial charge on any atom is -0.341 e. The SMILES string of the molecule is CN(Cc1cscn1)Cc1ccc(C(=O)NC2c3ccccc3-c3ccccc32)c(=O)[nH]1. The van der Waals surface area contributed by atoms with Gasteiger partial charge >= 0.3 is 0 Å². The van der Waals surface area contributed by atoms with E-state index in [1.807, 2.05) is 48.8 Å². The molecule has 160 valence electrons. The van der Waals surface area contributed by atoms with E-state index in [4.69, 9.17) is 0 Å². The van der Waals surface area contributed by atoms with E-state index in [1.165, 1.54) is 0 Å². The molecule has 0 bridgehead atoms. The Morgan fingerprint density at radius 1 is 1.03 bits per heavy atom. The van der Waals surface area contributed by atoms with Gasteiger partial charge in [-0.15, -0.1) is 11.3 Å². The van der Waals surface area contributed by atoms with Gasteiger partial charge in [-0.1, -0.05) is 48.5 Å². The fourth-order valence-corrected chi connectivity index (χ4v) is 4.79. The Morgan fingerprint density at radius 2 is 1.72 bits per heavy atom. The van der Waals surface area contributed by atoms with Crippen LogP contribution in [-0.4, -0.2) is 27.8 Å². The number of aromatic amines is 1. The van der Waals surface area contributed by atoms with Gasteiger partial charge in [-0.05, 0) is 41.4 Å². The molecule has 32 heavy (non-hydrogen) atoms. The highest BCUT2D eigenvalue weighted by Crippen LogP contribution is 2.43. The maximum absolute atomic E-state index is 13.0. The maximum atomic E-state index is 13.0. The molecule has 2 heterocycles. The van der Waals surface area contributed by atoms with Crippen LogP contribution in [0.1, 0.15) is 38.9 Å². The molecule has 0 unspecified atom stereocenters. The largest absolute Gasteiger partial charge is 0.341 e. The van der Waals surface area contributed by atoms with Gasteiger partial charge in [0.25, 0.3) is 11.5 Å². The Hall–Kier alpha value is -3.55. The van der Waals surface area contributed by atoms with Crippen LogP contribution in [-0.2, 0) is 13.1 Å². The van der Waals surface area contributed by atoms with E-state index < -0.39 is 0 Å². The van der Waals surface area contributed by atoms with E-state index in [0.717, 1.165) is 33.6 Å². The molecule has 0 fully saturated rings. The van der Waals surface area contributed by atoms with Crippen LogP contribution in [0.5, 0.6) is 0 Å². The first-order valence-corrected chi connectivity index (χ1v) is 11.3. The highest BCUT2D eigenvalue weighted by molar-refractivity contribution is 7.07. The number of hydrogen-bond donors (Lipinski definition) is 2. The lowest BCUT2D eigenvalue weighted by Gasteiger charge is -2.17. The molecule has 0 saturated heterocycles. The number of carbonyl (C=O) groups excluding carboxylic acids is 1. The van der Waals surface area contributed by atoms with Crippen LogP contribution in [0.3, 0.4) is 0 Å². The predicted molar refractivity (Wildman–Crippen MR) is 126 cm³/mol. The summed E-state index contributed by atoms with van der Waals surface area (Å²) in [5, 5.41) is 5.07. The molecule has 2 aromatic carbocycles. The summed E-state index contributed by atoms with van der Waals surface area (Å²) in [6, 6.07) is 19.2. The highest BCUT2D eigenvalue weighted by atomic mass is 32.1. The standard InChI is InChI=1S/C25H22N4O2S/c1-29(13-17-14-32-15-26-17)12-16-10-11-22(24(30)27-16)25(31)28-23-20-8-4-2-6-18(20)19-7-3-5-9-21(19)23/h2-11,14-15,23H,12-13H2,1H3,(H,27,30)(H,28,31). The third-order valence-corrected chi connectivity index (χ3v) is 6.31. The lowest BCUT2D eigenvalue weighted by atomic mass is 10.0. The van der Waals surface area contributed by atoms with E-state index in [2.05, 4.69) is 32.3 Å². The van der Waals surface area contributed by atoms with Crippen LogP contribution in [0.4, 0.5) is 0 Å². The molecule has 7 heteroatoms. The number of aromatic nitrogens is 2. The van der Waals surface area contributed by atoms with Crippen LogP contribution in [0.25, 0.3) is 11.1 Å².